The Bertz CT molecular complexity index is 2520. The standard InChI is InChI=1S/C47H44Cl2N4O6/c1-27-28(2)50-19-16-38(27)33-8-5-31(6-9-33)15-18-51-46(54)41-22-35-23-42-43(24-36(35)25-53(41)47(55)45-29(3)58-30(4)52-45)59-44(26-57-42)34-10-12-37(13-11-34)56-20-17-32-7-14-39(48)40(49)21-32/h5-14,16,19,21,23-24,41,44H,15,17-18,20,22,25-26H2,1-4H3,(H,51,54). The normalized spacial score (nSPS) is 15.7. The Morgan fingerprint density at radius 1 is 0.864 bits per heavy atom. The molecule has 10 nitrogen and oxygen atoms in total. The molecule has 0 spiro atoms. The lowest BCUT2D eigenvalue weighted by Gasteiger charge is -2.37. The highest BCUT2D eigenvalue weighted by atomic mass is 35.5. The molecule has 0 radical (unpaired) electrons. The summed E-state index contributed by atoms with van der Waals surface area (Å²) in [6, 6.07) is 26.8. The van der Waals surface area contributed by atoms with E-state index in [9.17, 15) is 9.59 Å². The molecule has 0 saturated carbocycles. The number of rotatable bonds is 11. The first kappa shape index (κ1) is 40.0. The minimum absolute atomic E-state index is 0.183. The van der Waals surface area contributed by atoms with E-state index < -0.39 is 6.04 Å². The lowest BCUT2D eigenvalue weighted by molar-refractivity contribution is -0.126. The number of hydrogen-bond donors (Lipinski definition) is 1. The topological polar surface area (TPSA) is 116 Å². The van der Waals surface area contributed by atoms with Gasteiger partial charge in [0.2, 0.25) is 5.91 Å². The van der Waals surface area contributed by atoms with Crippen molar-refractivity contribution in [2.75, 3.05) is 19.8 Å². The minimum atomic E-state index is -0.772. The van der Waals surface area contributed by atoms with E-state index in [0.717, 1.165) is 56.0 Å². The summed E-state index contributed by atoms with van der Waals surface area (Å²) in [5, 5.41) is 4.16. The molecule has 2 aromatic heterocycles. The summed E-state index contributed by atoms with van der Waals surface area (Å²) < 4.78 is 24.4. The van der Waals surface area contributed by atoms with Gasteiger partial charge in [-0.3, -0.25) is 14.6 Å². The van der Waals surface area contributed by atoms with E-state index in [2.05, 4.69) is 46.5 Å². The number of nitrogens with zero attached hydrogens (tertiary/aromatic N) is 3. The molecule has 8 rings (SSSR count). The molecule has 2 aliphatic heterocycles. The van der Waals surface area contributed by atoms with Gasteiger partial charge in [-0.25, -0.2) is 4.98 Å². The van der Waals surface area contributed by atoms with Gasteiger partial charge in [0.1, 0.15) is 24.2 Å². The Morgan fingerprint density at radius 3 is 2.37 bits per heavy atom. The number of aryl methyl sites for hydroxylation is 3. The fourth-order valence-corrected chi connectivity index (χ4v) is 7.96. The molecule has 2 atom stereocenters. The van der Waals surface area contributed by atoms with Gasteiger partial charge in [0.15, 0.2) is 29.2 Å². The summed E-state index contributed by atoms with van der Waals surface area (Å²) in [6.07, 6.45) is 3.10. The van der Waals surface area contributed by atoms with Gasteiger partial charge in [-0.2, -0.15) is 0 Å². The van der Waals surface area contributed by atoms with Crippen molar-refractivity contribution >= 4 is 35.0 Å². The monoisotopic (exact) mass is 830 g/mol. The summed E-state index contributed by atoms with van der Waals surface area (Å²) in [5.41, 5.74) is 9.49. The highest BCUT2D eigenvalue weighted by Crippen LogP contribution is 2.41. The molecule has 4 heterocycles. The zero-order valence-electron chi connectivity index (χ0n) is 33.3. The first-order valence-corrected chi connectivity index (χ1v) is 20.4. The summed E-state index contributed by atoms with van der Waals surface area (Å²) in [4.78, 5) is 38.4. The smallest absolute Gasteiger partial charge is 0.277 e. The van der Waals surface area contributed by atoms with Crippen molar-refractivity contribution < 1.29 is 28.2 Å². The van der Waals surface area contributed by atoms with E-state index in [1.54, 1.807) is 24.8 Å². The third-order valence-corrected chi connectivity index (χ3v) is 11.8. The molecular formula is C47H44Cl2N4O6. The average Bonchev–Trinajstić information content (AvgIpc) is 3.59. The molecule has 0 aliphatic carbocycles. The van der Waals surface area contributed by atoms with Gasteiger partial charge >= 0.3 is 0 Å². The van der Waals surface area contributed by atoms with Crippen LogP contribution in [0.2, 0.25) is 10.0 Å². The number of carbonyl (C=O) groups excluding carboxylic acids is 2. The van der Waals surface area contributed by atoms with Crippen LogP contribution in [0, 0.1) is 27.7 Å². The largest absolute Gasteiger partial charge is 0.493 e. The summed E-state index contributed by atoms with van der Waals surface area (Å²) in [6.45, 7) is 8.89. The molecule has 2 amide bonds. The number of aromatic nitrogens is 2. The van der Waals surface area contributed by atoms with Crippen LogP contribution in [0.25, 0.3) is 11.1 Å². The van der Waals surface area contributed by atoms with Crippen LogP contribution in [0.4, 0.5) is 0 Å². The predicted molar refractivity (Wildman–Crippen MR) is 227 cm³/mol. The number of amides is 2. The van der Waals surface area contributed by atoms with Gasteiger partial charge < -0.3 is 28.8 Å². The van der Waals surface area contributed by atoms with Crippen LogP contribution >= 0.6 is 23.2 Å². The van der Waals surface area contributed by atoms with Crippen molar-refractivity contribution in [3.8, 4) is 28.4 Å². The number of hydrogen-bond acceptors (Lipinski definition) is 8. The van der Waals surface area contributed by atoms with E-state index in [1.807, 2.05) is 67.7 Å². The van der Waals surface area contributed by atoms with Gasteiger partial charge in [0.25, 0.3) is 5.91 Å². The van der Waals surface area contributed by atoms with Crippen LogP contribution in [0.1, 0.15) is 67.3 Å². The lowest BCUT2D eigenvalue weighted by atomic mass is 9.92. The van der Waals surface area contributed by atoms with Gasteiger partial charge in [0, 0.05) is 44.7 Å². The number of oxazole rings is 1. The first-order valence-electron chi connectivity index (χ1n) is 19.7. The van der Waals surface area contributed by atoms with Crippen LogP contribution in [0.5, 0.6) is 17.2 Å². The van der Waals surface area contributed by atoms with Crippen molar-refractivity contribution in [2.45, 2.75) is 65.6 Å². The first-order chi connectivity index (χ1) is 28.5. The number of benzene rings is 4. The van der Waals surface area contributed by atoms with Crippen molar-refractivity contribution in [3.63, 3.8) is 0 Å². The highest BCUT2D eigenvalue weighted by molar-refractivity contribution is 6.42. The van der Waals surface area contributed by atoms with E-state index in [0.29, 0.717) is 72.2 Å². The zero-order valence-corrected chi connectivity index (χ0v) is 34.8. The summed E-state index contributed by atoms with van der Waals surface area (Å²) >= 11 is 12.2. The van der Waals surface area contributed by atoms with Crippen LogP contribution in [0.15, 0.2) is 95.5 Å². The third-order valence-electron chi connectivity index (χ3n) is 11.1. The maximum Gasteiger partial charge on any atom is 0.277 e. The molecule has 0 fully saturated rings. The Balaban J connectivity index is 0.936. The van der Waals surface area contributed by atoms with Crippen molar-refractivity contribution in [1.82, 2.24) is 20.2 Å². The second-order valence-electron chi connectivity index (χ2n) is 15.0. The van der Waals surface area contributed by atoms with Crippen molar-refractivity contribution in [2.24, 2.45) is 0 Å². The predicted octanol–water partition coefficient (Wildman–Crippen LogP) is 9.34. The molecule has 2 aliphatic rings. The Kier molecular flexibility index (Phi) is 11.6. The van der Waals surface area contributed by atoms with E-state index in [1.165, 1.54) is 0 Å². The summed E-state index contributed by atoms with van der Waals surface area (Å²) in [7, 11) is 0. The molecule has 6 aromatic rings. The maximum absolute atomic E-state index is 14.1. The summed E-state index contributed by atoms with van der Waals surface area (Å²) in [5.74, 6) is 2.11. The number of carbonyl (C=O) groups is 2. The van der Waals surface area contributed by atoms with E-state index in [-0.39, 0.29) is 30.2 Å². The number of ether oxygens (including phenoxy) is 3. The quantitative estimate of drug-likeness (QED) is 0.137. The second kappa shape index (κ2) is 17.2. The van der Waals surface area contributed by atoms with Gasteiger partial charge in [-0.05, 0) is 114 Å². The minimum Gasteiger partial charge on any atom is -0.493 e. The maximum atomic E-state index is 14.1. The fraction of sp³-hybridized carbons (Fsp3) is 0.277. The molecule has 12 heteroatoms. The number of fused-ring (bicyclic) bond motifs is 2. The number of pyridine rings is 1. The van der Waals surface area contributed by atoms with Gasteiger partial charge in [-0.15, -0.1) is 0 Å². The number of halogens is 2. The van der Waals surface area contributed by atoms with Crippen molar-refractivity contribution in [3.05, 3.63) is 158 Å². The van der Waals surface area contributed by atoms with Crippen molar-refractivity contribution in [1.29, 1.82) is 0 Å². The molecule has 0 bridgehead atoms. The molecule has 0 saturated heterocycles. The SMILES string of the molecule is Cc1nc(C(=O)N2Cc3cc4c(cc3CC2C(=O)NCCc2ccc(-c3ccnc(C)c3C)cc2)OCC(c2ccc(OCCc3ccc(Cl)c(Cl)c3)cc2)O4)c(C)o1. The average molecular weight is 832 g/mol. The van der Waals surface area contributed by atoms with E-state index >= 15 is 0 Å². The Morgan fingerprint density at radius 2 is 1.63 bits per heavy atom. The highest BCUT2D eigenvalue weighted by Gasteiger charge is 2.38. The van der Waals surface area contributed by atoms with Gasteiger partial charge in [-0.1, -0.05) is 65.7 Å². The third kappa shape index (κ3) is 8.79. The van der Waals surface area contributed by atoms with E-state index in [4.69, 9.17) is 41.8 Å². The van der Waals surface area contributed by atoms with Crippen LogP contribution in [-0.2, 0) is 30.6 Å². The Hall–Kier alpha value is -5.84. The fourth-order valence-electron chi connectivity index (χ4n) is 7.64. The van der Waals surface area contributed by atoms with Crippen LogP contribution in [0.3, 0.4) is 0 Å². The molecule has 59 heavy (non-hydrogen) atoms. The Labute approximate surface area is 353 Å². The molecule has 1 N–H and O–H groups in total. The van der Waals surface area contributed by atoms with Crippen LogP contribution in [-0.4, -0.2) is 52.5 Å². The molecule has 4 aromatic carbocycles. The number of nitrogens with one attached hydrogen (secondary N) is 1. The molecular weight excluding hydrogens is 787 g/mol. The van der Waals surface area contributed by atoms with Gasteiger partial charge in [0.05, 0.1) is 16.7 Å². The lowest BCUT2D eigenvalue weighted by Crippen LogP contribution is -2.53. The molecule has 302 valence electrons. The second-order valence-corrected chi connectivity index (χ2v) is 15.8. The van der Waals surface area contributed by atoms with Crippen LogP contribution < -0.4 is 19.5 Å². The molecule has 2 unspecified atom stereocenters. The zero-order chi connectivity index (χ0) is 41.2.